The van der Waals surface area contributed by atoms with Crippen LogP contribution in [0.25, 0.3) is 65.7 Å². The van der Waals surface area contributed by atoms with Crippen molar-refractivity contribution < 1.29 is 0 Å². The molecule has 0 radical (unpaired) electrons. The molecule has 0 aliphatic carbocycles. The summed E-state index contributed by atoms with van der Waals surface area (Å²) in [6.07, 6.45) is 0. The number of fused-ring (bicyclic) bond motifs is 3. The van der Waals surface area contributed by atoms with Crippen molar-refractivity contribution in [3.05, 3.63) is 200 Å². The number of anilines is 3. The van der Waals surface area contributed by atoms with Gasteiger partial charge in [-0.15, -0.1) is 0 Å². The second-order valence-electron chi connectivity index (χ2n) is 12.5. The predicted molar refractivity (Wildman–Crippen MR) is 210 cm³/mol. The lowest BCUT2D eigenvalue weighted by Crippen LogP contribution is -2.11. The van der Waals surface area contributed by atoms with Gasteiger partial charge in [0.1, 0.15) is 0 Å². The van der Waals surface area contributed by atoms with Gasteiger partial charge in [0.05, 0.1) is 11.4 Å². The third kappa shape index (κ3) is 5.23. The van der Waals surface area contributed by atoms with E-state index in [0.717, 1.165) is 17.1 Å². The first-order chi connectivity index (χ1) is 24.3. The highest BCUT2D eigenvalue weighted by molar-refractivity contribution is 6.05. The molecule has 0 aliphatic rings. The fourth-order valence-corrected chi connectivity index (χ4v) is 7.29. The first-order valence-electron chi connectivity index (χ1n) is 16.9. The normalized spacial score (nSPS) is 11.3. The molecule has 0 N–H and O–H groups in total. The molecule has 0 saturated heterocycles. The van der Waals surface area contributed by atoms with Crippen LogP contribution < -0.4 is 4.90 Å². The summed E-state index contributed by atoms with van der Waals surface area (Å²) in [6, 6.07) is 72.5. The Morgan fingerprint density at radius 3 is 1.39 bits per heavy atom. The van der Waals surface area contributed by atoms with Gasteiger partial charge in [-0.3, -0.25) is 0 Å². The lowest BCUT2D eigenvalue weighted by Gasteiger charge is -2.28. The summed E-state index contributed by atoms with van der Waals surface area (Å²) >= 11 is 0. The summed E-state index contributed by atoms with van der Waals surface area (Å²) in [5.74, 6) is 0. The van der Waals surface area contributed by atoms with Crippen LogP contribution in [0.1, 0.15) is 0 Å². The van der Waals surface area contributed by atoms with E-state index < -0.39 is 0 Å². The van der Waals surface area contributed by atoms with Crippen LogP contribution in [0.4, 0.5) is 17.1 Å². The van der Waals surface area contributed by atoms with Crippen molar-refractivity contribution in [2.45, 2.75) is 0 Å². The van der Waals surface area contributed by atoms with Gasteiger partial charge >= 0.3 is 0 Å². The van der Waals surface area contributed by atoms with E-state index in [2.05, 4.69) is 205 Å². The molecule has 0 unspecified atom stereocenters. The van der Waals surface area contributed by atoms with Crippen molar-refractivity contribution in [3.8, 4) is 33.4 Å². The summed E-state index contributed by atoms with van der Waals surface area (Å²) in [6.45, 7) is 0. The van der Waals surface area contributed by atoms with Crippen LogP contribution in [0.3, 0.4) is 0 Å². The molecule has 49 heavy (non-hydrogen) atoms. The first kappa shape index (κ1) is 28.8. The summed E-state index contributed by atoms with van der Waals surface area (Å²) in [5, 5.41) is 7.39. The highest BCUT2D eigenvalue weighted by atomic mass is 15.1. The topological polar surface area (TPSA) is 3.24 Å². The van der Waals surface area contributed by atoms with E-state index in [4.69, 9.17) is 0 Å². The average molecular weight is 624 g/mol. The molecule has 0 spiro atoms. The summed E-state index contributed by atoms with van der Waals surface area (Å²) in [5.41, 5.74) is 10.7. The second-order valence-corrected chi connectivity index (χ2v) is 12.5. The molecule has 0 amide bonds. The van der Waals surface area contributed by atoms with Crippen LogP contribution in [0.2, 0.25) is 0 Å². The van der Waals surface area contributed by atoms with Gasteiger partial charge in [0.25, 0.3) is 0 Å². The maximum Gasteiger partial charge on any atom is 0.0540 e. The Hall–Kier alpha value is -6.44. The fraction of sp³-hybridized carbons (Fsp3) is 0. The molecule has 230 valence electrons. The minimum Gasteiger partial charge on any atom is -0.309 e. The molecule has 0 atom stereocenters. The Balaban J connectivity index is 1.20. The highest BCUT2D eigenvalue weighted by Crippen LogP contribution is 2.43. The van der Waals surface area contributed by atoms with E-state index in [1.807, 2.05) is 0 Å². The predicted octanol–water partition coefficient (Wildman–Crippen LogP) is 13.6. The SMILES string of the molecule is c1ccc(-c2ccc(-c3ccc(N(c4cccc5ccccc45)c4cccc5ccccc45)cc3)cc2-c2cccc3ccccc23)cc1. The number of hydrogen-bond donors (Lipinski definition) is 0. The van der Waals surface area contributed by atoms with Gasteiger partial charge in [0, 0.05) is 16.5 Å². The Morgan fingerprint density at radius 2 is 0.755 bits per heavy atom. The first-order valence-corrected chi connectivity index (χ1v) is 16.9. The molecule has 0 fully saturated rings. The Morgan fingerprint density at radius 1 is 0.265 bits per heavy atom. The molecule has 9 aromatic carbocycles. The summed E-state index contributed by atoms with van der Waals surface area (Å²) < 4.78 is 0. The molecular formula is C48H33N. The van der Waals surface area contributed by atoms with Gasteiger partial charge in [0.2, 0.25) is 0 Å². The maximum absolute atomic E-state index is 2.41. The van der Waals surface area contributed by atoms with Crippen molar-refractivity contribution in [2.75, 3.05) is 4.90 Å². The van der Waals surface area contributed by atoms with Gasteiger partial charge in [0.15, 0.2) is 0 Å². The highest BCUT2D eigenvalue weighted by Gasteiger charge is 2.18. The van der Waals surface area contributed by atoms with Gasteiger partial charge < -0.3 is 4.90 Å². The van der Waals surface area contributed by atoms with Gasteiger partial charge in [-0.2, -0.15) is 0 Å². The molecule has 0 saturated carbocycles. The minimum atomic E-state index is 1.12. The Bertz CT molecular complexity index is 2500. The van der Waals surface area contributed by atoms with Crippen molar-refractivity contribution in [1.29, 1.82) is 0 Å². The van der Waals surface area contributed by atoms with Crippen molar-refractivity contribution in [1.82, 2.24) is 0 Å². The monoisotopic (exact) mass is 623 g/mol. The summed E-state index contributed by atoms with van der Waals surface area (Å²) in [7, 11) is 0. The van der Waals surface area contributed by atoms with Crippen molar-refractivity contribution >= 4 is 49.4 Å². The molecule has 1 nitrogen and oxygen atoms in total. The zero-order valence-corrected chi connectivity index (χ0v) is 27.0. The molecular weight excluding hydrogens is 591 g/mol. The molecule has 9 aromatic rings. The average Bonchev–Trinajstić information content (AvgIpc) is 3.18. The largest absolute Gasteiger partial charge is 0.309 e. The van der Waals surface area contributed by atoms with Gasteiger partial charge in [-0.05, 0) is 85.3 Å². The minimum absolute atomic E-state index is 1.12. The Labute approximate surface area is 287 Å². The summed E-state index contributed by atoms with van der Waals surface area (Å²) in [4.78, 5) is 2.41. The third-order valence-corrected chi connectivity index (χ3v) is 9.66. The standard InChI is InChI=1S/C48H33N/c1-2-13-35(14-3-1)42-32-29-39(33-46(42)45-24-10-18-36-15-4-7-21-41(36)45)34-27-30-40(31-28-34)49(47-25-11-19-37-16-5-8-22-43(37)47)48-26-12-20-38-17-6-9-23-44(38)48/h1-33H. The van der Waals surface area contributed by atoms with E-state index in [-0.39, 0.29) is 0 Å². The van der Waals surface area contributed by atoms with E-state index in [0.29, 0.717) is 0 Å². The maximum atomic E-state index is 2.41. The second kappa shape index (κ2) is 12.3. The van der Waals surface area contributed by atoms with Crippen LogP contribution in [0, 0.1) is 0 Å². The van der Waals surface area contributed by atoms with Crippen LogP contribution in [-0.2, 0) is 0 Å². The van der Waals surface area contributed by atoms with Crippen molar-refractivity contribution in [3.63, 3.8) is 0 Å². The van der Waals surface area contributed by atoms with Gasteiger partial charge in [-0.1, -0.05) is 170 Å². The van der Waals surface area contributed by atoms with Crippen LogP contribution in [0.15, 0.2) is 200 Å². The quantitative estimate of drug-likeness (QED) is 0.178. The van der Waals surface area contributed by atoms with Crippen LogP contribution in [0.5, 0.6) is 0 Å². The van der Waals surface area contributed by atoms with Crippen molar-refractivity contribution in [2.24, 2.45) is 0 Å². The molecule has 9 rings (SSSR count). The molecule has 0 aliphatic heterocycles. The molecule has 1 heteroatoms. The van der Waals surface area contributed by atoms with Crippen LogP contribution in [-0.4, -0.2) is 0 Å². The molecule has 0 heterocycles. The smallest absolute Gasteiger partial charge is 0.0540 e. The Kier molecular flexibility index (Phi) is 7.22. The van der Waals surface area contributed by atoms with E-state index >= 15 is 0 Å². The lowest BCUT2D eigenvalue weighted by atomic mass is 9.89. The zero-order valence-electron chi connectivity index (χ0n) is 27.0. The zero-order chi connectivity index (χ0) is 32.6. The lowest BCUT2D eigenvalue weighted by molar-refractivity contribution is 1.31. The van der Waals surface area contributed by atoms with E-state index in [1.54, 1.807) is 0 Å². The van der Waals surface area contributed by atoms with Crippen LogP contribution >= 0.6 is 0 Å². The fourth-order valence-electron chi connectivity index (χ4n) is 7.29. The number of hydrogen-bond acceptors (Lipinski definition) is 1. The number of benzene rings is 9. The van der Waals surface area contributed by atoms with Gasteiger partial charge in [-0.25, -0.2) is 0 Å². The molecule has 0 aromatic heterocycles. The van der Waals surface area contributed by atoms with E-state index in [9.17, 15) is 0 Å². The molecule has 0 bridgehead atoms. The number of rotatable bonds is 6. The number of nitrogens with zero attached hydrogens (tertiary/aromatic N) is 1. The third-order valence-electron chi connectivity index (χ3n) is 9.66. The van der Waals surface area contributed by atoms with E-state index in [1.165, 1.54) is 65.7 Å².